The van der Waals surface area contributed by atoms with Gasteiger partial charge in [-0.15, -0.1) is 0 Å². The van der Waals surface area contributed by atoms with Crippen molar-refractivity contribution in [2.24, 2.45) is 5.41 Å². The van der Waals surface area contributed by atoms with Gasteiger partial charge in [0.15, 0.2) is 0 Å². The smallest absolute Gasteiger partial charge is 0.225 e. The van der Waals surface area contributed by atoms with Crippen LogP contribution in [0.15, 0.2) is 6.20 Å². The molecule has 1 aromatic heterocycles. The lowest BCUT2D eigenvalue weighted by molar-refractivity contribution is -0.124. The van der Waals surface area contributed by atoms with Crippen LogP contribution >= 0.6 is 0 Å². The predicted molar refractivity (Wildman–Crippen MR) is 76.8 cm³/mol. The van der Waals surface area contributed by atoms with Crippen LogP contribution in [-0.4, -0.2) is 54.8 Å². The minimum Gasteiger partial charge on any atom is -0.380 e. The van der Waals surface area contributed by atoms with E-state index in [9.17, 15) is 0 Å². The summed E-state index contributed by atoms with van der Waals surface area (Å²) in [5.41, 5.74) is 3.02. The molecule has 2 fully saturated rings. The molecule has 0 radical (unpaired) electrons. The highest BCUT2D eigenvalue weighted by Gasteiger charge is 2.41. The first-order valence-electron chi connectivity index (χ1n) is 7.60. The van der Waals surface area contributed by atoms with E-state index in [-0.39, 0.29) is 0 Å². The molecular weight excluding hydrogens is 252 g/mol. The zero-order chi connectivity index (χ0) is 13.6. The Hall–Kier alpha value is -1.20. The third-order valence-electron chi connectivity index (χ3n) is 5.05. The lowest BCUT2D eigenvalue weighted by Gasteiger charge is -2.47. The van der Waals surface area contributed by atoms with Crippen LogP contribution in [0.25, 0.3) is 0 Å². The van der Waals surface area contributed by atoms with Crippen molar-refractivity contribution in [1.29, 1.82) is 0 Å². The van der Waals surface area contributed by atoms with Crippen molar-refractivity contribution in [3.05, 3.63) is 17.5 Å². The van der Waals surface area contributed by atoms with Gasteiger partial charge in [0.1, 0.15) is 0 Å². The fraction of sp³-hybridized carbons (Fsp3) is 0.733. The molecule has 0 atom stereocenters. The second-order valence-electron chi connectivity index (χ2n) is 6.61. The van der Waals surface area contributed by atoms with Gasteiger partial charge in [0, 0.05) is 37.8 Å². The van der Waals surface area contributed by atoms with E-state index in [2.05, 4.69) is 21.8 Å². The third kappa shape index (κ3) is 2.09. The van der Waals surface area contributed by atoms with Crippen LogP contribution in [-0.2, 0) is 17.7 Å². The molecule has 5 nitrogen and oxygen atoms in total. The molecule has 4 heterocycles. The molecular formula is C15H22N4O. The molecule has 3 aliphatic heterocycles. The summed E-state index contributed by atoms with van der Waals surface area (Å²) in [6, 6.07) is 0. The van der Waals surface area contributed by atoms with Gasteiger partial charge >= 0.3 is 0 Å². The van der Waals surface area contributed by atoms with Crippen LogP contribution in [0.2, 0.25) is 0 Å². The van der Waals surface area contributed by atoms with Gasteiger partial charge in [0.05, 0.1) is 18.9 Å². The van der Waals surface area contributed by atoms with E-state index >= 15 is 0 Å². The summed E-state index contributed by atoms with van der Waals surface area (Å²) in [7, 11) is 2.16. The van der Waals surface area contributed by atoms with E-state index in [0.717, 1.165) is 51.8 Å². The Kier molecular flexibility index (Phi) is 2.93. The third-order valence-corrected chi connectivity index (χ3v) is 5.05. The monoisotopic (exact) mass is 274 g/mol. The van der Waals surface area contributed by atoms with E-state index in [1.165, 1.54) is 24.1 Å². The predicted octanol–water partition coefficient (Wildman–Crippen LogP) is 1.08. The molecule has 0 aromatic carbocycles. The molecule has 20 heavy (non-hydrogen) atoms. The highest BCUT2D eigenvalue weighted by atomic mass is 16.5. The van der Waals surface area contributed by atoms with Crippen molar-refractivity contribution >= 4 is 5.95 Å². The molecule has 0 saturated carbocycles. The zero-order valence-corrected chi connectivity index (χ0v) is 12.1. The number of likely N-dealkylation sites (N-methyl/N-ethyl adjacent to an activating group) is 1. The molecule has 1 spiro atoms. The number of piperidine rings is 1. The van der Waals surface area contributed by atoms with Gasteiger partial charge in [-0.05, 0) is 31.9 Å². The van der Waals surface area contributed by atoms with Crippen LogP contribution in [0.1, 0.15) is 24.1 Å². The summed E-state index contributed by atoms with van der Waals surface area (Å²) in [6.45, 7) is 6.11. The lowest BCUT2D eigenvalue weighted by Crippen LogP contribution is -2.51. The molecule has 1 aromatic rings. The van der Waals surface area contributed by atoms with Crippen molar-refractivity contribution in [1.82, 2.24) is 14.9 Å². The Morgan fingerprint density at radius 1 is 1.20 bits per heavy atom. The van der Waals surface area contributed by atoms with Gasteiger partial charge in [-0.2, -0.15) is 0 Å². The average molecular weight is 274 g/mol. The van der Waals surface area contributed by atoms with Crippen molar-refractivity contribution in [3.8, 4) is 0 Å². The molecule has 4 rings (SSSR count). The summed E-state index contributed by atoms with van der Waals surface area (Å²) in [5, 5.41) is 0. The van der Waals surface area contributed by atoms with E-state index in [0.29, 0.717) is 5.41 Å². The van der Waals surface area contributed by atoms with Crippen molar-refractivity contribution in [3.63, 3.8) is 0 Å². The SMILES string of the molecule is CN1CCc2cnc(N3CCC4(CC3)COC4)nc2C1. The molecule has 108 valence electrons. The van der Waals surface area contributed by atoms with Gasteiger partial charge in [-0.3, -0.25) is 0 Å². The minimum absolute atomic E-state index is 0.477. The molecule has 0 aliphatic carbocycles. The van der Waals surface area contributed by atoms with Crippen LogP contribution in [0, 0.1) is 5.41 Å². The maximum Gasteiger partial charge on any atom is 0.225 e. The van der Waals surface area contributed by atoms with E-state index in [1.54, 1.807) is 0 Å². The fourth-order valence-electron chi connectivity index (χ4n) is 3.44. The first kappa shape index (κ1) is 12.5. The quantitative estimate of drug-likeness (QED) is 0.766. The summed E-state index contributed by atoms with van der Waals surface area (Å²) in [5.74, 6) is 0.925. The van der Waals surface area contributed by atoms with Crippen LogP contribution in [0.4, 0.5) is 5.95 Å². The Morgan fingerprint density at radius 2 is 2.00 bits per heavy atom. The zero-order valence-electron chi connectivity index (χ0n) is 12.1. The number of anilines is 1. The Morgan fingerprint density at radius 3 is 2.70 bits per heavy atom. The Labute approximate surface area is 120 Å². The molecule has 2 saturated heterocycles. The molecule has 5 heteroatoms. The molecule has 0 amide bonds. The van der Waals surface area contributed by atoms with Gasteiger partial charge in [-0.25, -0.2) is 9.97 Å². The molecule has 3 aliphatic rings. The highest BCUT2D eigenvalue weighted by Crippen LogP contribution is 2.39. The van der Waals surface area contributed by atoms with E-state index < -0.39 is 0 Å². The first-order valence-corrected chi connectivity index (χ1v) is 7.60. The minimum atomic E-state index is 0.477. The topological polar surface area (TPSA) is 41.5 Å². The van der Waals surface area contributed by atoms with Gasteiger partial charge in [0.2, 0.25) is 5.95 Å². The summed E-state index contributed by atoms with van der Waals surface area (Å²) < 4.78 is 5.39. The number of ether oxygens (including phenoxy) is 1. The van der Waals surface area contributed by atoms with Crippen molar-refractivity contribution in [2.75, 3.05) is 44.8 Å². The normalized spacial score (nSPS) is 25.4. The van der Waals surface area contributed by atoms with Gasteiger partial charge in [-0.1, -0.05) is 0 Å². The molecule has 0 bridgehead atoms. The van der Waals surface area contributed by atoms with Crippen LogP contribution in [0.3, 0.4) is 0 Å². The second-order valence-corrected chi connectivity index (χ2v) is 6.61. The number of hydrogen-bond acceptors (Lipinski definition) is 5. The standard InChI is InChI=1S/C15H22N4O/c1-18-5-2-12-8-16-14(17-13(12)9-18)19-6-3-15(4-7-19)10-20-11-15/h8H,2-7,9-11H2,1H3. The van der Waals surface area contributed by atoms with Crippen molar-refractivity contribution in [2.45, 2.75) is 25.8 Å². The summed E-state index contributed by atoms with van der Waals surface area (Å²) in [6.07, 6.45) is 5.55. The maximum absolute atomic E-state index is 5.39. The summed E-state index contributed by atoms with van der Waals surface area (Å²) >= 11 is 0. The Balaban J connectivity index is 1.50. The number of nitrogens with zero attached hydrogens (tertiary/aromatic N) is 4. The molecule has 0 unspecified atom stereocenters. The van der Waals surface area contributed by atoms with Crippen molar-refractivity contribution < 1.29 is 4.74 Å². The van der Waals surface area contributed by atoms with Gasteiger partial charge < -0.3 is 14.5 Å². The number of aromatic nitrogens is 2. The molecule has 0 N–H and O–H groups in total. The van der Waals surface area contributed by atoms with Crippen LogP contribution in [0.5, 0.6) is 0 Å². The highest BCUT2D eigenvalue weighted by molar-refractivity contribution is 5.35. The Bertz CT molecular complexity index is 505. The number of hydrogen-bond donors (Lipinski definition) is 0. The first-order chi connectivity index (χ1) is 9.74. The maximum atomic E-state index is 5.39. The lowest BCUT2D eigenvalue weighted by atomic mass is 9.77. The number of fused-ring (bicyclic) bond motifs is 1. The fourth-order valence-corrected chi connectivity index (χ4v) is 3.44. The summed E-state index contributed by atoms with van der Waals surface area (Å²) in [4.78, 5) is 14.1. The van der Waals surface area contributed by atoms with Crippen LogP contribution < -0.4 is 4.90 Å². The van der Waals surface area contributed by atoms with E-state index in [1.807, 2.05) is 6.20 Å². The van der Waals surface area contributed by atoms with Gasteiger partial charge in [0.25, 0.3) is 0 Å². The largest absolute Gasteiger partial charge is 0.380 e. The average Bonchev–Trinajstić information content (AvgIpc) is 2.45. The second kappa shape index (κ2) is 4.67. The van der Waals surface area contributed by atoms with E-state index in [4.69, 9.17) is 9.72 Å². The number of rotatable bonds is 1.